The third-order valence-electron chi connectivity index (χ3n) is 3.44. The minimum atomic E-state index is 0.457. The van der Waals surface area contributed by atoms with Crippen LogP contribution >= 0.6 is 0 Å². The summed E-state index contributed by atoms with van der Waals surface area (Å²) in [6.07, 6.45) is 11.4. The van der Waals surface area contributed by atoms with Gasteiger partial charge in [-0.05, 0) is 31.6 Å². The van der Waals surface area contributed by atoms with Crippen LogP contribution in [0.5, 0.6) is 0 Å². The maximum Gasteiger partial charge on any atom is 0.0557 e. The van der Waals surface area contributed by atoms with Gasteiger partial charge in [0.25, 0.3) is 0 Å². The van der Waals surface area contributed by atoms with Crippen LogP contribution in [-0.4, -0.2) is 13.2 Å². The van der Waals surface area contributed by atoms with E-state index in [1.807, 2.05) is 0 Å². The monoisotopic (exact) mass is 180 g/mol. The largest absolute Gasteiger partial charge is 0.381 e. The topological polar surface area (TPSA) is 9.23 Å². The van der Waals surface area contributed by atoms with Gasteiger partial charge in [-0.1, -0.05) is 25.5 Å². The lowest BCUT2D eigenvalue weighted by atomic mass is 9.89. The van der Waals surface area contributed by atoms with E-state index in [-0.39, 0.29) is 0 Å². The molecule has 0 aromatic rings. The summed E-state index contributed by atoms with van der Waals surface area (Å²) in [4.78, 5) is 0. The fourth-order valence-electron chi connectivity index (χ4n) is 2.56. The van der Waals surface area contributed by atoms with Gasteiger partial charge in [-0.25, -0.2) is 0 Å². The molecule has 0 heterocycles. The van der Waals surface area contributed by atoms with Crippen molar-refractivity contribution < 1.29 is 4.74 Å². The van der Waals surface area contributed by atoms with Gasteiger partial charge in [-0.3, -0.25) is 0 Å². The van der Waals surface area contributed by atoms with E-state index in [1.165, 1.54) is 32.1 Å². The van der Waals surface area contributed by atoms with Gasteiger partial charge in [0, 0.05) is 12.0 Å². The highest BCUT2D eigenvalue weighted by molar-refractivity contribution is 5.15. The Balaban J connectivity index is 1.72. The molecule has 13 heavy (non-hydrogen) atoms. The van der Waals surface area contributed by atoms with Crippen molar-refractivity contribution >= 4 is 0 Å². The highest BCUT2D eigenvalue weighted by Gasteiger charge is 2.40. The number of unbranched alkanes of at least 4 members (excludes halogenated alkanes) is 1. The minimum Gasteiger partial charge on any atom is -0.381 e. The van der Waals surface area contributed by atoms with Crippen LogP contribution in [0.1, 0.15) is 39.0 Å². The van der Waals surface area contributed by atoms with Crippen LogP contribution in [0.4, 0.5) is 0 Å². The first-order chi connectivity index (χ1) is 6.35. The number of ether oxygens (including phenoxy) is 1. The van der Waals surface area contributed by atoms with Crippen molar-refractivity contribution in [1.29, 1.82) is 0 Å². The van der Waals surface area contributed by atoms with Crippen molar-refractivity contribution in [3.8, 4) is 0 Å². The van der Waals surface area contributed by atoms with Gasteiger partial charge < -0.3 is 4.74 Å². The van der Waals surface area contributed by atoms with E-state index in [0.29, 0.717) is 5.41 Å². The predicted octanol–water partition coefficient (Wildman–Crippen LogP) is 3.16. The van der Waals surface area contributed by atoms with Crippen LogP contribution in [0.3, 0.4) is 0 Å². The third-order valence-corrected chi connectivity index (χ3v) is 3.44. The number of fused-ring (bicyclic) bond motifs is 2. The van der Waals surface area contributed by atoms with Crippen LogP contribution in [0, 0.1) is 11.3 Å². The number of rotatable bonds is 5. The molecule has 1 saturated carbocycles. The number of allylic oxidation sites excluding steroid dienone is 1. The van der Waals surface area contributed by atoms with Crippen LogP contribution in [0.2, 0.25) is 0 Å². The summed E-state index contributed by atoms with van der Waals surface area (Å²) in [5.74, 6) is 0.884. The summed E-state index contributed by atoms with van der Waals surface area (Å²) in [6, 6.07) is 0. The molecule has 2 rings (SSSR count). The van der Waals surface area contributed by atoms with E-state index < -0.39 is 0 Å². The summed E-state index contributed by atoms with van der Waals surface area (Å²) in [6.45, 7) is 4.14. The molecule has 74 valence electrons. The second-order valence-electron chi connectivity index (χ2n) is 4.63. The van der Waals surface area contributed by atoms with Crippen molar-refractivity contribution in [3.63, 3.8) is 0 Å². The highest BCUT2D eigenvalue weighted by Crippen LogP contribution is 2.49. The number of hydrogen-bond donors (Lipinski definition) is 0. The van der Waals surface area contributed by atoms with E-state index in [1.54, 1.807) is 0 Å². The van der Waals surface area contributed by atoms with Gasteiger partial charge in [-0.2, -0.15) is 0 Å². The molecule has 1 fully saturated rings. The summed E-state index contributed by atoms with van der Waals surface area (Å²) in [5, 5.41) is 0. The fraction of sp³-hybridized carbons (Fsp3) is 0.833. The van der Waals surface area contributed by atoms with Gasteiger partial charge in [0.1, 0.15) is 0 Å². The van der Waals surface area contributed by atoms with Gasteiger partial charge in [0.05, 0.1) is 6.61 Å². The average Bonchev–Trinajstić information content (AvgIpc) is 2.72. The summed E-state index contributed by atoms with van der Waals surface area (Å²) in [5.41, 5.74) is 0.457. The molecule has 2 aliphatic carbocycles. The second-order valence-corrected chi connectivity index (χ2v) is 4.63. The molecule has 2 aliphatic rings. The van der Waals surface area contributed by atoms with Gasteiger partial charge >= 0.3 is 0 Å². The lowest BCUT2D eigenvalue weighted by Crippen LogP contribution is -2.19. The molecule has 0 amide bonds. The molecule has 0 aromatic carbocycles. The molecule has 0 aromatic heterocycles. The van der Waals surface area contributed by atoms with Gasteiger partial charge in [0.15, 0.2) is 0 Å². The zero-order valence-corrected chi connectivity index (χ0v) is 8.59. The van der Waals surface area contributed by atoms with E-state index in [9.17, 15) is 0 Å². The Morgan fingerprint density at radius 2 is 2.46 bits per heavy atom. The summed E-state index contributed by atoms with van der Waals surface area (Å²) >= 11 is 0. The van der Waals surface area contributed by atoms with Crippen molar-refractivity contribution in [2.75, 3.05) is 13.2 Å². The van der Waals surface area contributed by atoms with Gasteiger partial charge in [-0.15, -0.1) is 0 Å². The first-order valence-corrected chi connectivity index (χ1v) is 5.62. The zero-order chi connectivity index (χ0) is 9.15. The Hall–Kier alpha value is -0.300. The first-order valence-electron chi connectivity index (χ1n) is 5.62. The molecule has 2 unspecified atom stereocenters. The lowest BCUT2D eigenvalue weighted by Gasteiger charge is -2.22. The van der Waals surface area contributed by atoms with Crippen LogP contribution in [-0.2, 0) is 4.74 Å². The Morgan fingerprint density at radius 3 is 3.00 bits per heavy atom. The van der Waals surface area contributed by atoms with Crippen molar-refractivity contribution in [2.45, 2.75) is 39.0 Å². The standard InChI is InChI=1S/C12H20O/c1-2-3-8-13-10-12-6-4-11(9-12)5-7-12/h4,6,11H,2-3,5,7-10H2,1H3. The minimum absolute atomic E-state index is 0.457. The average molecular weight is 180 g/mol. The SMILES string of the molecule is CCCCOCC12C=CC(CC1)C2. The molecule has 1 heteroatoms. The normalized spacial score (nSPS) is 35.9. The molecule has 2 atom stereocenters. The Kier molecular flexibility index (Phi) is 2.73. The van der Waals surface area contributed by atoms with Crippen molar-refractivity contribution in [2.24, 2.45) is 11.3 Å². The molecular weight excluding hydrogens is 160 g/mol. The molecular formula is C12H20O. The second kappa shape index (κ2) is 3.83. The maximum atomic E-state index is 5.73. The van der Waals surface area contributed by atoms with Crippen molar-refractivity contribution in [1.82, 2.24) is 0 Å². The number of hydrogen-bond acceptors (Lipinski definition) is 1. The Morgan fingerprint density at radius 1 is 1.54 bits per heavy atom. The van der Waals surface area contributed by atoms with E-state index in [0.717, 1.165) is 19.1 Å². The molecule has 0 aliphatic heterocycles. The molecule has 0 N–H and O–H groups in total. The molecule has 1 nitrogen and oxygen atoms in total. The Labute approximate surface area is 81.2 Å². The molecule has 0 saturated heterocycles. The van der Waals surface area contributed by atoms with Gasteiger partial charge in [0.2, 0.25) is 0 Å². The van der Waals surface area contributed by atoms with E-state index >= 15 is 0 Å². The summed E-state index contributed by atoms with van der Waals surface area (Å²) < 4.78 is 5.73. The first kappa shape index (κ1) is 9.26. The fourth-order valence-corrected chi connectivity index (χ4v) is 2.56. The summed E-state index contributed by atoms with van der Waals surface area (Å²) in [7, 11) is 0. The molecule has 0 spiro atoms. The zero-order valence-electron chi connectivity index (χ0n) is 8.59. The Bertz CT molecular complexity index is 197. The lowest BCUT2D eigenvalue weighted by molar-refractivity contribution is 0.0702. The van der Waals surface area contributed by atoms with Crippen LogP contribution in [0.15, 0.2) is 12.2 Å². The van der Waals surface area contributed by atoms with E-state index in [4.69, 9.17) is 4.74 Å². The molecule has 2 bridgehead atoms. The smallest absolute Gasteiger partial charge is 0.0557 e. The van der Waals surface area contributed by atoms with Crippen molar-refractivity contribution in [3.05, 3.63) is 12.2 Å². The molecule has 0 radical (unpaired) electrons. The maximum absolute atomic E-state index is 5.73. The van der Waals surface area contributed by atoms with Crippen LogP contribution < -0.4 is 0 Å². The quantitative estimate of drug-likeness (QED) is 0.466. The van der Waals surface area contributed by atoms with E-state index in [2.05, 4.69) is 19.1 Å². The third kappa shape index (κ3) is 1.96. The predicted molar refractivity (Wildman–Crippen MR) is 54.6 cm³/mol. The highest BCUT2D eigenvalue weighted by atomic mass is 16.5. The van der Waals surface area contributed by atoms with Crippen LogP contribution in [0.25, 0.3) is 0 Å².